The number of rotatable bonds is 3. The van der Waals surface area contributed by atoms with Crippen molar-refractivity contribution in [1.29, 1.82) is 0 Å². The zero-order valence-corrected chi connectivity index (χ0v) is 12.4. The van der Waals surface area contributed by atoms with E-state index in [2.05, 4.69) is 26.0 Å². The molecule has 2 heterocycles. The van der Waals surface area contributed by atoms with E-state index in [0.717, 1.165) is 17.6 Å². The van der Waals surface area contributed by atoms with E-state index in [1.807, 2.05) is 6.92 Å². The Kier molecular flexibility index (Phi) is 3.75. The Morgan fingerprint density at radius 2 is 2.15 bits per heavy atom. The number of benzene rings is 1. The SMILES string of the molecule is CC1COc2ccc(C(C)C)c3c2B(O1)O[C@@H]3CCN. The largest absolute Gasteiger partial charge is 0.498 e. The van der Waals surface area contributed by atoms with Crippen LogP contribution in [-0.2, 0) is 9.31 Å². The molecule has 5 heteroatoms. The van der Waals surface area contributed by atoms with Crippen molar-refractivity contribution in [1.82, 2.24) is 0 Å². The lowest BCUT2D eigenvalue weighted by Crippen LogP contribution is -2.34. The number of hydrogen-bond donors (Lipinski definition) is 1. The normalized spacial score (nSPS) is 24.6. The molecule has 2 aliphatic rings. The van der Waals surface area contributed by atoms with E-state index in [9.17, 15) is 0 Å². The highest BCUT2D eigenvalue weighted by atomic mass is 16.6. The van der Waals surface area contributed by atoms with Gasteiger partial charge in [0, 0.05) is 5.46 Å². The van der Waals surface area contributed by atoms with Gasteiger partial charge in [0.25, 0.3) is 0 Å². The summed E-state index contributed by atoms with van der Waals surface area (Å²) in [6.45, 7) is 7.58. The van der Waals surface area contributed by atoms with E-state index in [4.69, 9.17) is 19.8 Å². The zero-order valence-electron chi connectivity index (χ0n) is 12.4. The van der Waals surface area contributed by atoms with Crippen LogP contribution < -0.4 is 15.9 Å². The molecule has 1 aromatic rings. The first kappa shape index (κ1) is 13.9. The molecule has 3 rings (SSSR count). The minimum atomic E-state index is -0.312. The van der Waals surface area contributed by atoms with E-state index < -0.39 is 0 Å². The molecule has 0 saturated carbocycles. The second-order valence-electron chi connectivity index (χ2n) is 5.93. The van der Waals surface area contributed by atoms with E-state index >= 15 is 0 Å². The van der Waals surface area contributed by atoms with E-state index in [1.165, 1.54) is 11.1 Å². The molecule has 0 aliphatic carbocycles. The maximum atomic E-state index is 6.11. The molecule has 0 aromatic heterocycles. The van der Waals surface area contributed by atoms with Gasteiger partial charge in [-0.1, -0.05) is 19.9 Å². The smallest absolute Gasteiger partial charge is 0.491 e. The van der Waals surface area contributed by atoms with Crippen molar-refractivity contribution in [2.24, 2.45) is 5.73 Å². The minimum absolute atomic E-state index is 0.0197. The molecule has 20 heavy (non-hydrogen) atoms. The summed E-state index contributed by atoms with van der Waals surface area (Å²) in [5.74, 6) is 1.34. The van der Waals surface area contributed by atoms with Gasteiger partial charge in [0.2, 0.25) is 0 Å². The topological polar surface area (TPSA) is 53.7 Å². The lowest BCUT2D eigenvalue weighted by Gasteiger charge is -2.19. The summed E-state index contributed by atoms with van der Waals surface area (Å²) in [6.07, 6.45) is 0.857. The Bertz CT molecular complexity index is 506. The molecule has 1 aromatic carbocycles. The zero-order chi connectivity index (χ0) is 14.3. The monoisotopic (exact) mass is 275 g/mol. The van der Waals surface area contributed by atoms with Crippen molar-refractivity contribution in [3.63, 3.8) is 0 Å². The predicted octanol–water partition coefficient (Wildman–Crippen LogP) is 1.72. The van der Waals surface area contributed by atoms with Crippen LogP contribution in [0.5, 0.6) is 5.75 Å². The van der Waals surface area contributed by atoms with Crippen molar-refractivity contribution in [2.75, 3.05) is 13.2 Å². The molecule has 0 saturated heterocycles. The maximum absolute atomic E-state index is 6.11. The van der Waals surface area contributed by atoms with E-state index in [0.29, 0.717) is 19.1 Å². The number of hydrogen-bond acceptors (Lipinski definition) is 4. The highest BCUT2D eigenvalue weighted by molar-refractivity contribution is 6.64. The molecular formula is C15H22BNO3. The van der Waals surface area contributed by atoms with Crippen LogP contribution in [0.2, 0.25) is 0 Å². The van der Waals surface area contributed by atoms with Crippen LogP contribution in [-0.4, -0.2) is 26.4 Å². The second-order valence-corrected chi connectivity index (χ2v) is 5.93. The van der Waals surface area contributed by atoms with Crippen molar-refractivity contribution in [3.05, 3.63) is 23.3 Å². The fourth-order valence-corrected chi connectivity index (χ4v) is 3.07. The number of ether oxygens (including phenoxy) is 1. The summed E-state index contributed by atoms with van der Waals surface area (Å²) in [5, 5.41) is 0. The van der Waals surface area contributed by atoms with Gasteiger partial charge in [0.15, 0.2) is 0 Å². The highest BCUT2D eigenvalue weighted by Gasteiger charge is 2.44. The van der Waals surface area contributed by atoms with Crippen LogP contribution in [0.1, 0.15) is 50.3 Å². The van der Waals surface area contributed by atoms with Gasteiger partial charge < -0.3 is 19.8 Å². The molecule has 108 valence electrons. The molecule has 0 fully saturated rings. The van der Waals surface area contributed by atoms with Crippen LogP contribution in [0.3, 0.4) is 0 Å². The second kappa shape index (κ2) is 5.39. The van der Waals surface area contributed by atoms with E-state index in [-0.39, 0.29) is 19.3 Å². The minimum Gasteiger partial charge on any atom is -0.491 e. The first-order valence-electron chi connectivity index (χ1n) is 7.42. The van der Waals surface area contributed by atoms with Gasteiger partial charge in [-0.15, -0.1) is 0 Å². The average Bonchev–Trinajstić information content (AvgIpc) is 2.66. The fourth-order valence-electron chi connectivity index (χ4n) is 3.07. The Balaban J connectivity index is 2.12. The summed E-state index contributed by atoms with van der Waals surface area (Å²) >= 11 is 0. The van der Waals surface area contributed by atoms with Crippen LogP contribution >= 0.6 is 0 Å². The molecule has 0 spiro atoms. The maximum Gasteiger partial charge on any atom is 0.498 e. The quantitative estimate of drug-likeness (QED) is 0.853. The van der Waals surface area contributed by atoms with Gasteiger partial charge in [0.1, 0.15) is 12.4 Å². The van der Waals surface area contributed by atoms with Crippen molar-refractivity contribution >= 4 is 12.6 Å². The van der Waals surface area contributed by atoms with Crippen LogP contribution in [0, 0.1) is 0 Å². The summed E-state index contributed by atoms with van der Waals surface area (Å²) in [4.78, 5) is 0. The first-order valence-corrected chi connectivity index (χ1v) is 7.42. The van der Waals surface area contributed by atoms with Gasteiger partial charge in [-0.2, -0.15) is 0 Å². The van der Waals surface area contributed by atoms with Gasteiger partial charge in [-0.3, -0.25) is 0 Å². The van der Waals surface area contributed by atoms with Gasteiger partial charge >= 0.3 is 7.12 Å². The highest BCUT2D eigenvalue weighted by Crippen LogP contribution is 2.37. The fraction of sp³-hybridized carbons (Fsp3) is 0.600. The lowest BCUT2D eigenvalue weighted by molar-refractivity contribution is 0.0967. The molecular weight excluding hydrogens is 253 g/mol. The predicted molar refractivity (Wildman–Crippen MR) is 79.5 cm³/mol. The summed E-state index contributed by atoms with van der Waals surface area (Å²) < 4.78 is 18.0. The summed E-state index contributed by atoms with van der Waals surface area (Å²) in [7, 11) is -0.312. The first-order chi connectivity index (χ1) is 9.61. The third-order valence-electron chi connectivity index (χ3n) is 4.01. The Hall–Kier alpha value is -1.04. The lowest BCUT2D eigenvalue weighted by atomic mass is 9.75. The van der Waals surface area contributed by atoms with Crippen molar-refractivity contribution in [3.8, 4) is 5.75 Å². The van der Waals surface area contributed by atoms with Gasteiger partial charge in [-0.05, 0) is 43.0 Å². The molecule has 1 unspecified atom stereocenters. The Morgan fingerprint density at radius 1 is 1.35 bits per heavy atom. The van der Waals surface area contributed by atoms with Crippen LogP contribution in [0.15, 0.2) is 12.1 Å². The Morgan fingerprint density at radius 3 is 2.85 bits per heavy atom. The van der Waals surface area contributed by atoms with Gasteiger partial charge in [-0.25, -0.2) is 0 Å². The number of nitrogens with two attached hydrogens (primary N) is 1. The van der Waals surface area contributed by atoms with Crippen molar-refractivity contribution < 1.29 is 14.0 Å². The average molecular weight is 275 g/mol. The van der Waals surface area contributed by atoms with Crippen molar-refractivity contribution in [2.45, 2.75) is 45.3 Å². The molecule has 0 bridgehead atoms. The third kappa shape index (κ3) is 2.24. The molecule has 4 nitrogen and oxygen atoms in total. The molecule has 0 amide bonds. The van der Waals surface area contributed by atoms with E-state index in [1.54, 1.807) is 0 Å². The Labute approximate surface area is 120 Å². The summed E-state index contributed by atoms with van der Waals surface area (Å²) in [6, 6.07) is 4.21. The molecule has 2 atom stereocenters. The van der Waals surface area contributed by atoms with Crippen LogP contribution in [0.4, 0.5) is 0 Å². The van der Waals surface area contributed by atoms with Gasteiger partial charge in [0.05, 0.1) is 12.2 Å². The standard InChI is InChI=1S/C15H22BNO3/c1-9(2)11-4-5-13-15-14(11)12(6-7-17)20-16(15)19-10(3)8-18-13/h4-5,9-10,12H,6-8,17H2,1-3H3/t10?,12-/m1/s1. The molecule has 2 aliphatic heterocycles. The molecule has 0 radical (unpaired) electrons. The van der Waals surface area contributed by atoms with Crippen LogP contribution in [0.25, 0.3) is 0 Å². The summed E-state index contributed by atoms with van der Waals surface area (Å²) in [5.41, 5.74) is 9.37. The molecule has 2 N–H and O–H groups in total. The third-order valence-corrected chi connectivity index (χ3v) is 4.01.